The maximum Gasteiger partial charge on any atom is 0.380 e. The number of carbonyl (C=O) groups is 3. The molecule has 6 heteroatoms. The molecule has 0 aromatic carbocycles. The summed E-state index contributed by atoms with van der Waals surface area (Å²) in [6, 6.07) is 2.81. The standard InChI is InChI=1S/C9H8O5S/c1-13-8(11)6-4-3-5(15-6)7(10)9(12)14-2/h3-4H,1-2H3. The Morgan fingerprint density at radius 1 is 1.07 bits per heavy atom. The van der Waals surface area contributed by atoms with E-state index >= 15 is 0 Å². The first-order valence-corrected chi connectivity index (χ1v) is 4.72. The van der Waals surface area contributed by atoms with Crippen LogP contribution >= 0.6 is 11.3 Å². The molecule has 0 saturated heterocycles. The lowest BCUT2D eigenvalue weighted by molar-refractivity contribution is -0.135. The van der Waals surface area contributed by atoms with E-state index in [1.54, 1.807) is 0 Å². The second-order valence-electron chi connectivity index (χ2n) is 2.48. The van der Waals surface area contributed by atoms with Crippen molar-refractivity contribution in [1.82, 2.24) is 0 Å². The Morgan fingerprint density at radius 2 is 1.67 bits per heavy atom. The fourth-order valence-electron chi connectivity index (χ4n) is 0.864. The van der Waals surface area contributed by atoms with Crippen molar-refractivity contribution in [2.75, 3.05) is 14.2 Å². The molecule has 1 rings (SSSR count). The van der Waals surface area contributed by atoms with Crippen LogP contribution in [0.15, 0.2) is 12.1 Å². The van der Waals surface area contributed by atoms with Crippen molar-refractivity contribution in [2.45, 2.75) is 0 Å². The molecule has 0 aliphatic rings. The Labute approximate surface area is 89.6 Å². The summed E-state index contributed by atoms with van der Waals surface area (Å²) in [7, 11) is 2.36. The molecule has 0 amide bonds. The van der Waals surface area contributed by atoms with Crippen LogP contribution in [0.4, 0.5) is 0 Å². The second kappa shape index (κ2) is 4.70. The molecule has 1 aromatic heterocycles. The first-order valence-electron chi connectivity index (χ1n) is 3.91. The van der Waals surface area contributed by atoms with E-state index in [1.807, 2.05) is 0 Å². The molecular weight excluding hydrogens is 220 g/mol. The lowest BCUT2D eigenvalue weighted by Crippen LogP contribution is -2.14. The largest absolute Gasteiger partial charge is 0.465 e. The van der Waals surface area contributed by atoms with Gasteiger partial charge >= 0.3 is 11.9 Å². The summed E-state index contributed by atoms with van der Waals surface area (Å²) in [4.78, 5) is 33.6. The van der Waals surface area contributed by atoms with Gasteiger partial charge in [0.05, 0.1) is 19.1 Å². The van der Waals surface area contributed by atoms with Crippen molar-refractivity contribution in [3.63, 3.8) is 0 Å². The van der Waals surface area contributed by atoms with Gasteiger partial charge in [-0.1, -0.05) is 0 Å². The third kappa shape index (κ3) is 2.41. The smallest absolute Gasteiger partial charge is 0.380 e. The average molecular weight is 228 g/mol. The summed E-state index contributed by atoms with van der Waals surface area (Å²) in [6.07, 6.45) is 0. The second-order valence-corrected chi connectivity index (χ2v) is 3.56. The molecule has 1 aromatic rings. The van der Waals surface area contributed by atoms with E-state index in [0.29, 0.717) is 0 Å². The van der Waals surface area contributed by atoms with Gasteiger partial charge in [-0.05, 0) is 12.1 Å². The number of ether oxygens (including phenoxy) is 2. The van der Waals surface area contributed by atoms with Gasteiger partial charge < -0.3 is 9.47 Å². The zero-order valence-electron chi connectivity index (χ0n) is 8.10. The summed E-state index contributed by atoms with van der Waals surface area (Å²) in [6.45, 7) is 0. The van der Waals surface area contributed by atoms with Crippen molar-refractivity contribution < 1.29 is 23.9 Å². The van der Waals surface area contributed by atoms with Crippen LogP contribution in [0.5, 0.6) is 0 Å². The highest BCUT2D eigenvalue weighted by molar-refractivity contribution is 7.16. The minimum absolute atomic E-state index is 0.155. The molecule has 0 radical (unpaired) electrons. The van der Waals surface area contributed by atoms with Crippen molar-refractivity contribution in [3.8, 4) is 0 Å². The summed E-state index contributed by atoms with van der Waals surface area (Å²) >= 11 is 0.892. The SMILES string of the molecule is COC(=O)C(=O)c1ccc(C(=O)OC)s1. The molecule has 0 fully saturated rings. The van der Waals surface area contributed by atoms with Crippen LogP contribution in [-0.4, -0.2) is 31.9 Å². The van der Waals surface area contributed by atoms with Crippen LogP contribution in [0.1, 0.15) is 19.3 Å². The van der Waals surface area contributed by atoms with Gasteiger partial charge in [-0.2, -0.15) is 0 Å². The normalized spacial score (nSPS) is 9.47. The van der Waals surface area contributed by atoms with Crippen molar-refractivity contribution >= 4 is 29.1 Å². The van der Waals surface area contributed by atoms with Gasteiger partial charge in [-0.3, -0.25) is 4.79 Å². The van der Waals surface area contributed by atoms with Crippen LogP contribution in [0, 0.1) is 0 Å². The molecule has 0 aliphatic carbocycles. The third-order valence-electron chi connectivity index (χ3n) is 1.59. The summed E-state index contributed by atoms with van der Waals surface area (Å²) in [5.74, 6) is -2.25. The van der Waals surface area contributed by atoms with Gasteiger partial charge in [-0.25, -0.2) is 9.59 Å². The highest BCUT2D eigenvalue weighted by Gasteiger charge is 2.20. The molecule has 5 nitrogen and oxygen atoms in total. The van der Waals surface area contributed by atoms with E-state index < -0.39 is 17.7 Å². The Hall–Kier alpha value is -1.69. The Balaban J connectivity index is 2.89. The lowest BCUT2D eigenvalue weighted by Gasteiger charge is -1.94. The molecule has 0 unspecified atom stereocenters. The third-order valence-corrected chi connectivity index (χ3v) is 2.65. The van der Waals surface area contributed by atoms with Crippen LogP contribution < -0.4 is 0 Å². The van der Waals surface area contributed by atoms with E-state index in [1.165, 1.54) is 19.2 Å². The molecule has 0 bridgehead atoms. The van der Waals surface area contributed by atoms with Crippen molar-refractivity contribution in [1.29, 1.82) is 0 Å². The molecule has 0 aliphatic heterocycles. The minimum atomic E-state index is -0.951. The maximum absolute atomic E-state index is 11.3. The Morgan fingerprint density at radius 3 is 2.20 bits per heavy atom. The first-order chi connectivity index (χ1) is 7.10. The number of hydrogen-bond acceptors (Lipinski definition) is 6. The summed E-state index contributed by atoms with van der Waals surface area (Å²) in [5.41, 5.74) is 0. The fourth-order valence-corrected chi connectivity index (χ4v) is 1.72. The van der Waals surface area contributed by atoms with E-state index in [-0.39, 0.29) is 9.75 Å². The average Bonchev–Trinajstić information content (AvgIpc) is 2.75. The Bertz CT molecular complexity index is 406. The molecule has 1 heterocycles. The molecule has 15 heavy (non-hydrogen) atoms. The van der Waals surface area contributed by atoms with Gasteiger partial charge in [0.25, 0.3) is 5.78 Å². The fraction of sp³-hybridized carbons (Fsp3) is 0.222. The van der Waals surface area contributed by atoms with Gasteiger partial charge in [0, 0.05) is 0 Å². The topological polar surface area (TPSA) is 69.7 Å². The van der Waals surface area contributed by atoms with Crippen molar-refractivity contribution in [3.05, 3.63) is 21.9 Å². The number of Topliss-reactive ketones (excluding diaryl/α,β-unsaturated/α-hetero) is 1. The van der Waals surface area contributed by atoms with Crippen molar-refractivity contribution in [2.24, 2.45) is 0 Å². The number of carbonyl (C=O) groups excluding carboxylic acids is 3. The van der Waals surface area contributed by atoms with E-state index in [4.69, 9.17) is 0 Å². The lowest BCUT2D eigenvalue weighted by atomic mass is 10.3. The number of thiophene rings is 1. The number of ketones is 1. The molecular formula is C9H8O5S. The molecule has 0 saturated carbocycles. The molecule has 0 spiro atoms. The van der Waals surface area contributed by atoms with Gasteiger partial charge in [0.15, 0.2) is 0 Å². The number of esters is 2. The number of hydrogen-bond donors (Lipinski definition) is 0. The first kappa shape index (κ1) is 11.4. The van der Waals surface area contributed by atoms with E-state index in [9.17, 15) is 14.4 Å². The van der Waals surface area contributed by atoms with E-state index in [0.717, 1.165) is 18.4 Å². The van der Waals surface area contributed by atoms with Gasteiger partial charge in [0.1, 0.15) is 4.88 Å². The van der Waals surface area contributed by atoms with Crippen LogP contribution in [-0.2, 0) is 14.3 Å². The van der Waals surface area contributed by atoms with Gasteiger partial charge in [0.2, 0.25) is 0 Å². The predicted molar refractivity (Wildman–Crippen MR) is 52.0 cm³/mol. The minimum Gasteiger partial charge on any atom is -0.465 e. The molecule has 0 atom stereocenters. The molecule has 0 N–H and O–H groups in total. The zero-order chi connectivity index (χ0) is 11.4. The maximum atomic E-state index is 11.3. The van der Waals surface area contributed by atoms with Crippen LogP contribution in [0.3, 0.4) is 0 Å². The quantitative estimate of drug-likeness (QED) is 0.436. The highest BCUT2D eigenvalue weighted by atomic mass is 32.1. The monoisotopic (exact) mass is 228 g/mol. The Kier molecular flexibility index (Phi) is 3.56. The van der Waals surface area contributed by atoms with E-state index in [2.05, 4.69) is 9.47 Å². The number of rotatable bonds is 3. The predicted octanol–water partition coefficient (Wildman–Crippen LogP) is 0.890. The summed E-state index contributed by atoms with van der Waals surface area (Å²) < 4.78 is 8.72. The zero-order valence-corrected chi connectivity index (χ0v) is 8.92. The molecule has 80 valence electrons. The van der Waals surface area contributed by atoms with Crippen LogP contribution in [0.25, 0.3) is 0 Å². The number of methoxy groups -OCH3 is 2. The van der Waals surface area contributed by atoms with Crippen LogP contribution in [0.2, 0.25) is 0 Å². The van der Waals surface area contributed by atoms with Gasteiger partial charge in [-0.15, -0.1) is 11.3 Å². The summed E-state index contributed by atoms with van der Waals surface area (Å²) in [5, 5.41) is 0. The highest BCUT2D eigenvalue weighted by Crippen LogP contribution is 2.18.